The summed E-state index contributed by atoms with van der Waals surface area (Å²) in [4.78, 5) is 24.0. The van der Waals surface area contributed by atoms with Crippen molar-refractivity contribution >= 4 is 38.5 Å². The molecule has 6 rings (SSSR count). The number of carbonyl (C=O) groups is 2. The summed E-state index contributed by atoms with van der Waals surface area (Å²) >= 11 is 0. The minimum absolute atomic E-state index is 0. The third-order valence-electron chi connectivity index (χ3n) is 9.22. The number of nitrogens with one attached hydrogen (secondary N) is 1. The number of ketones is 1. The van der Waals surface area contributed by atoms with Crippen LogP contribution >= 0.6 is 0 Å². The molecule has 3 N–H and O–H groups in total. The van der Waals surface area contributed by atoms with E-state index in [0.717, 1.165) is 40.3 Å². The Kier molecular flexibility index (Phi) is 11.1. The van der Waals surface area contributed by atoms with Crippen LogP contribution in [-0.2, 0) is 21.3 Å². The summed E-state index contributed by atoms with van der Waals surface area (Å²) < 4.78 is 40.7. The molecule has 1 fully saturated rings. The Morgan fingerprint density at radius 2 is 1.56 bits per heavy atom. The summed E-state index contributed by atoms with van der Waals surface area (Å²) in [6.07, 6.45) is 6.41. The molecule has 1 amide bonds. The van der Waals surface area contributed by atoms with E-state index < -0.39 is 26.7 Å². The summed E-state index contributed by atoms with van der Waals surface area (Å²) in [6.45, 7) is 0.895. The molecule has 48 heavy (non-hydrogen) atoms. The van der Waals surface area contributed by atoms with Crippen molar-refractivity contribution in [3.63, 3.8) is 0 Å². The number of benzene rings is 4. The quantitative estimate of drug-likeness (QED) is 0.126. The van der Waals surface area contributed by atoms with E-state index in [2.05, 4.69) is 17.4 Å². The minimum atomic E-state index is -5.07. The van der Waals surface area contributed by atoms with Gasteiger partial charge in [0.1, 0.15) is 21.5 Å². The van der Waals surface area contributed by atoms with Crippen molar-refractivity contribution in [3.8, 4) is 11.3 Å². The topological polar surface area (TPSA) is 143 Å². The van der Waals surface area contributed by atoms with Gasteiger partial charge in [0.15, 0.2) is 10.7 Å². The van der Waals surface area contributed by atoms with Gasteiger partial charge in [0.05, 0.1) is 5.92 Å². The molecule has 1 aromatic heterocycles. The molecule has 0 aliphatic heterocycles. The van der Waals surface area contributed by atoms with Gasteiger partial charge in [-0.2, -0.15) is 0 Å². The van der Waals surface area contributed by atoms with Crippen LogP contribution in [0.5, 0.6) is 0 Å². The Balaban J connectivity index is 0.00000451. The van der Waals surface area contributed by atoms with Crippen molar-refractivity contribution in [1.82, 2.24) is 0 Å². The summed E-state index contributed by atoms with van der Waals surface area (Å²) in [5.41, 5.74) is 10.8. The van der Waals surface area contributed by atoms with Crippen molar-refractivity contribution in [2.45, 2.75) is 62.2 Å². The molecule has 1 aliphatic rings. The standard InChI is InChI=1S/C38H38N2O6S.Na/c1-38(39,47(43,44)45)36(41)30-13-11-25(12-14-30)23-33(28-17-15-27(16-18-28)26-7-3-2-4-8-26)37(42)40-32-21-19-29(20-22-32)35-24-31-9-5-6-10-34(31)46-35;/h5-6,9-22,24,26,33H,2-4,7-8,23,39H2,1H3,(H,40,42)(H,43,44,45);/q;+1/p-1. The van der Waals surface area contributed by atoms with Crippen LogP contribution in [0.2, 0.25) is 0 Å². The van der Waals surface area contributed by atoms with E-state index in [9.17, 15) is 22.6 Å². The first-order valence-corrected chi connectivity index (χ1v) is 17.3. The second-order valence-electron chi connectivity index (χ2n) is 12.6. The molecule has 0 saturated heterocycles. The fraction of sp³-hybridized carbons (Fsp3) is 0.263. The van der Waals surface area contributed by atoms with Crippen LogP contribution in [-0.4, -0.2) is 29.5 Å². The number of rotatable bonds is 10. The van der Waals surface area contributed by atoms with Gasteiger partial charge in [-0.05, 0) is 85.2 Å². The van der Waals surface area contributed by atoms with E-state index in [4.69, 9.17) is 10.2 Å². The fourth-order valence-corrected chi connectivity index (χ4v) is 6.64. The van der Waals surface area contributed by atoms with Gasteiger partial charge in [-0.25, -0.2) is 8.42 Å². The molecule has 0 bridgehead atoms. The van der Waals surface area contributed by atoms with Gasteiger partial charge < -0.3 is 20.0 Å². The maximum atomic E-state index is 13.9. The number of fused-ring (bicyclic) bond motifs is 1. The average molecular weight is 673 g/mol. The Bertz CT molecular complexity index is 1960. The van der Waals surface area contributed by atoms with Crippen molar-refractivity contribution in [2.75, 3.05) is 5.32 Å². The summed E-state index contributed by atoms with van der Waals surface area (Å²) in [5, 5.41) is 4.08. The number of hydrogen-bond donors (Lipinski definition) is 2. The van der Waals surface area contributed by atoms with E-state index in [1.807, 2.05) is 66.7 Å². The molecule has 1 aliphatic carbocycles. The Morgan fingerprint density at radius 3 is 2.19 bits per heavy atom. The van der Waals surface area contributed by atoms with Gasteiger partial charge in [0, 0.05) is 22.2 Å². The SMILES string of the molecule is CC(N)(C(=O)c1ccc(CC(C(=O)Nc2ccc(-c3cc4ccccc4o3)cc2)c2ccc(C3CCCCC3)cc2)cc1)S(=O)(=O)[O-].[Na+]. The van der Waals surface area contributed by atoms with Crippen molar-refractivity contribution in [3.05, 3.63) is 125 Å². The van der Waals surface area contributed by atoms with E-state index >= 15 is 0 Å². The van der Waals surface area contributed by atoms with E-state index in [1.165, 1.54) is 49.8 Å². The zero-order valence-corrected chi connectivity index (χ0v) is 30.0. The molecular weight excluding hydrogens is 635 g/mol. The molecule has 2 atom stereocenters. The normalized spacial score (nSPS) is 15.6. The first-order chi connectivity index (χ1) is 22.5. The smallest absolute Gasteiger partial charge is 0.746 e. The molecule has 0 radical (unpaired) electrons. The second-order valence-corrected chi connectivity index (χ2v) is 14.3. The maximum Gasteiger partial charge on any atom is 1.00 e. The predicted octanol–water partition coefficient (Wildman–Crippen LogP) is 4.52. The molecular formula is C38H37N2NaO6S. The van der Waals surface area contributed by atoms with Crippen molar-refractivity contribution in [1.29, 1.82) is 0 Å². The van der Waals surface area contributed by atoms with Crippen LogP contribution in [0.15, 0.2) is 108 Å². The summed E-state index contributed by atoms with van der Waals surface area (Å²) in [6, 6.07) is 31.8. The third kappa shape index (κ3) is 7.83. The van der Waals surface area contributed by atoms with Crippen LogP contribution in [0.1, 0.15) is 77.9 Å². The first-order valence-electron chi connectivity index (χ1n) is 15.9. The Labute approximate surface area is 303 Å². The molecule has 2 unspecified atom stereocenters. The van der Waals surface area contributed by atoms with Gasteiger partial charge in [-0.1, -0.05) is 86.0 Å². The number of anilines is 1. The molecule has 10 heteroatoms. The fourth-order valence-electron chi connectivity index (χ4n) is 6.30. The Hall–Kier alpha value is -3.57. The number of para-hydroxylation sites is 1. The molecule has 242 valence electrons. The number of hydrogen-bond acceptors (Lipinski definition) is 7. The van der Waals surface area contributed by atoms with E-state index in [0.29, 0.717) is 18.0 Å². The molecule has 0 spiro atoms. The summed E-state index contributed by atoms with van der Waals surface area (Å²) in [5.74, 6) is -0.470. The zero-order chi connectivity index (χ0) is 33.2. The second kappa shape index (κ2) is 14.9. The number of amides is 1. The predicted molar refractivity (Wildman–Crippen MR) is 182 cm³/mol. The largest absolute Gasteiger partial charge is 1.00 e. The van der Waals surface area contributed by atoms with Crippen LogP contribution in [0.3, 0.4) is 0 Å². The van der Waals surface area contributed by atoms with E-state index in [1.54, 1.807) is 12.1 Å². The van der Waals surface area contributed by atoms with Crippen LogP contribution in [0.25, 0.3) is 22.3 Å². The molecule has 8 nitrogen and oxygen atoms in total. The van der Waals surface area contributed by atoms with E-state index in [-0.39, 0.29) is 41.0 Å². The third-order valence-corrected chi connectivity index (χ3v) is 10.4. The van der Waals surface area contributed by atoms with Gasteiger partial charge in [-0.3, -0.25) is 9.59 Å². The molecule has 4 aromatic carbocycles. The van der Waals surface area contributed by atoms with Crippen LogP contribution in [0.4, 0.5) is 5.69 Å². The van der Waals surface area contributed by atoms with Gasteiger partial charge in [-0.15, -0.1) is 0 Å². The maximum absolute atomic E-state index is 13.9. The number of furan rings is 1. The van der Waals surface area contributed by atoms with Crippen molar-refractivity contribution < 1.29 is 56.5 Å². The number of carbonyl (C=O) groups excluding carboxylic acids is 2. The molecule has 1 heterocycles. The summed E-state index contributed by atoms with van der Waals surface area (Å²) in [7, 11) is -5.07. The van der Waals surface area contributed by atoms with Gasteiger partial charge in [0.25, 0.3) is 0 Å². The Morgan fingerprint density at radius 1 is 0.917 bits per heavy atom. The monoisotopic (exact) mass is 672 g/mol. The molecule has 5 aromatic rings. The van der Waals surface area contributed by atoms with Gasteiger partial charge in [0.2, 0.25) is 5.91 Å². The van der Waals surface area contributed by atoms with Gasteiger partial charge >= 0.3 is 29.6 Å². The molecule has 1 saturated carbocycles. The van der Waals surface area contributed by atoms with Crippen LogP contribution < -0.4 is 40.6 Å². The number of nitrogens with two attached hydrogens (primary N) is 1. The van der Waals surface area contributed by atoms with Crippen LogP contribution in [0, 0.1) is 0 Å². The average Bonchev–Trinajstić information content (AvgIpc) is 3.52. The number of Topliss-reactive ketones (excluding diaryl/α,β-unsaturated/α-hetero) is 1. The zero-order valence-electron chi connectivity index (χ0n) is 27.1. The van der Waals surface area contributed by atoms with Crippen molar-refractivity contribution in [2.24, 2.45) is 5.73 Å². The first kappa shape index (κ1) is 35.7. The minimum Gasteiger partial charge on any atom is -0.746 e.